The lowest BCUT2D eigenvalue weighted by Crippen LogP contribution is -2.35. The molecule has 0 bridgehead atoms. The lowest BCUT2D eigenvalue weighted by molar-refractivity contribution is 0.232. The molecule has 1 aliphatic rings. The number of aromatic nitrogens is 2. The molecule has 2 heterocycles. The van der Waals surface area contributed by atoms with E-state index in [0.29, 0.717) is 24.2 Å². The average molecular weight is 345 g/mol. The van der Waals surface area contributed by atoms with E-state index in [1.807, 2.05) is 0 Å². The van der Waals surface area contributed by atoms with Gasteiger partial charge in [0.2, 0.25) is 0 Å². The Labute approximate surface area is 132 Å². The van der Waals surface area contributed by atoms with Gasteiger partial charge in [-0.3, -0.25) is 14.7 Å². The van der Waals surface area contributed by atoms with Crippen molar-refractivity contribution < 1.29 is 17.6 Å². The zero-order chi connectivity index (χ0) is 16.7. The molecule has 0 aliphatic carbocycles. The molecule has 0 radical (unpaired) electrons. The van der Waals surface area contributed by atoms with Crippen LogP contribution in [0, 0.1) is 28.0 Å². The Kier molecular flexibility index (Phi) is 4.07. The molecule has 9 heteroatoms. The number of rotatable bonds is 2. The van der Waals surface area contributed by atoms with Crippen LogP contribution in [0.1, 0.15) is 16.8 Å². The zero-order valence-electron chi connectivity index (χ0n) is 11.7. The van der Waals surface area contributed by atoms with Crippen LogP contribution < -0.4 is 5.56 Å². The number of H-pyrrole nitrogens is 2. The van der Waals surface area contributed by atoms with Crippen LogP contribution in [0.25, 0.3) is 0 Å². The van der Waals surface area contributed by atoms with Crippen LogP contribution >= 0.6 is 12.2 Å². The molecule has 1 aliphatic heterocycles. The number of fused-ring (bicyclic) bond motifs is 1. The van der Waals surface area contributed by atoms with Gasteiger partial charge in [-0.25, -0.2) is 17.6 Å². The van der Waals surface area contributed by atoms with Gasteiger partial charge in [-0.15, -0.1) is 0 Å². The van der Waals surface area contributed by atoms with Crippen LogP contribution in [0.5, 0.6) is 0 Å². The van der Waals surface area contributed by atoms with Gasteiger partial charge in [0.1, 0.15) is 0 Å². The standard InChI is InChI=1S/C14H11F4N3OS/c15-8-3-9(16)12(18)7(11(8)17)5-21-2-1-10-6(4-21)13(22)20-14(23)19-10/h3H,1-2,4-5H2,(H2,19,20,22,23). The summed E-state index contributed by atoms with van der Waals surface area (Å²) in [5.74, 6) is -5.73. The minimum Gasteiger partial charge on any atom is -0.335 e. The number of hydrogen-bond donors (Lipinski definition) is 2. The van der Waals surface area contributed by atoms with Crippen molar-refractivity contribution in [3.05, 3.63) is 61.3 Å². The summed E-state index contributed by atoms with van der Waals surface area (Å²) in [6.45, 7) is 0.105. The zero-order valence-corrected chi connectivity index (χ0v) is 12.5. The minimum atomic E-state index is -1.45. The quantitative estimate of drug-likeness (QED) is 0.500. The molecule has 0 spiro atoms. The van der Waals surface area contributed by atoms with Gasteiger partial charge in [0, 0.05) is 43.4 Å². The summed E-state index contributed by atoms with van der Waals surface area (Å²) in [6.07, 6.45) is 0.407. The molecule has 0 saturated carbocycles. The molecule has 4 nitrogen and oxygen atoms in total. The fourth-order valence-electron chi connectivity index (χ4n) is 2.63. The maximum Gasteiger partial charge on any atom is 0.256 e. The van der Waals surface area contributed by atoms with E-state index in [1.165, 1.54) is 4.90 Å². The van der Waals surface area contributed by atoms with Gasteiger partial charge in [-0.2, -0.15) is 0 Å². The number of benzene rings is 1. The molecule has 2 aromatic rings. The highest BCUT2D eigenvalue weighted by molar-refractivity contribution is 7.71. The second-order valence-corrected chi connectivity index (χ2v) is 5.68. The lowest BCUT2D eigenvalue weighted by atomic mass is 10.1. The third-order valence-corrected chi connectivity index (χ3v) is 3.98. The second-order valence-electron chi connectivity index (χ2n) is 5.27. The van der Waals surface area contributed by atoms with Crippen LogP contribution in [-0.4, -0.2) is 21.4 Å². The van der Waals surface area contributed by atoms with Gasteiger partial charge in [0.25, 0.3) is 5.56 Å². The Balaban J connectivity index is 1.92. The van der Waals surface area contributed by atoms with E-state index >= 15 is 0 Å². The van der Waals surface area contributed by atoms with E-state index in [9.17, 15) is 22.4 Å². The van der Waals surface area contributed by atoms with E-state index < -0.39 is 28.8 Å². The number of halogens is 4. The van der Waals surface area contributed by atoms with E-state index in [-0.39, 0.29) is 29.5 Å². The van der Waals surface area contributed by atoms with Gasteiger partial charge >= 0.3 is 0 Å². The first-order chi connectivity index (χ1) is 10.9. The summed E-state index contributed by atoms with van der Waals surface area (Å²) >= 11 is 4.88. The van der Waals surface area contributed by atoms with E-state index in [1.54, 1.807) is 0 Å². The van der Waals surface area contributed by atoms with Crippen molar-refractivity contribution >= 4 is 12.2 Å². The number of hydrogen-bond acceptors (Lipinski definition) is 3. The molecule has 2 N–H and O–H groups in total. The molecule has 0 saturated heterocycles. The van der Waals surface area contributed by atoms with Gasteiger partial charge < -0.3 is 4.98 Å². The summed E-state index contributed by atoms with van der Waals surface area (Å²) in [4.78, 5) is 18.7. The Morgan fingerprint density at radius 1 is 1.13 bits per heavy atom. The van der Waals surface area contributed by atoms with Crippen molar-refractivity contribution in [2.24, 2.45) is 0 Å². The van der Waals surface area contributed by atoms with Gasteiger partial charge in [0.15, 0.2) is 28.0 Å². The number of nitrogens with one attached hydrogen (secondary N) is 2. The maximum absolute atomic E-state index is 13.7. The second kappa shape index (κ2) is 5.89. The average Bonchev–Trinajstić information content (AvgIpc) is 2.50. The van der Waals surface area contributed by atoms with Crippen LogP contribution in [0.3, 0.4) is 0 Å². The van der Waals surface area contributed by atoms with Gasteiger partial charge in [0.05, 0.1) is 5.56 Å². The molecule has 0 unspecified atom stereocenters. The first-order valence-electron chi connectivity index (χ1n) is 6.75. The van der Waals surface area contributed by atoms with E-state index in [4.69, 9.17) is 12.2 Å². The number of aromatic amines is 2. The maximum atomic E-state index is 13.7. The Hall–Kier alpha value is -2.00. The third kappa shape index (κ3) is 2.93. The van der Waals surface area contributed by atoms with Crippen LogP contribution in [0.4, 0.5) is 17.6 Å². The van der Waals surface area contributed by atoms with Crippen LogP contribution in [0.15, 0.2) is 10.9 Å². The Bertz CT molecular complexity index is 867. The smallest absolute Gasteiger partial charge is 0.256 e. The fraction of sp³-hybridized carbons (Fsp3) is 0.286. The first-order valence-corrected chi connectivity index (χ1v) is 7.16. The third-order valence-electron chi connectivity index (χ3n) is 3.77. The van der Waals surface area contributed by atoms with Crippen molar-refractivity contribution in [2.45, 2.75) is 19.5 Å². The van der Waals surface area contributed by atoms with E-state index in [0.717, 1.165) is 0 Å². The summed E-state index contributed by atoms with van der Waals surface area (Å²) < 4.78 is 54.2. The van der Waals surface area contributed by atoms with Crippen molar-refractivity contribution in [3.8, 4) is 0 Å². The Morgan fingerprint density at radius 3 is 2.43 bits per heavy atom. The molecule has 122 valence electrons. The molecule has 3 rings (SSSR count). The predicted octanol–water partition coefficient (Wildman–Crippen LogP) is 2.55. The highest BCUT2D eigenvalue weighted by Gasteiger charge is 2.25. The van der Waals surface area contributed by atoms with Crippen LogP contribution in [0.2, 0.25) is 0 Å². The molecule has 0 fully saturated rings. The Morgan fingerprint density at radius 2 is 1.78 bits per heavy atom. The largest absolute Gasteiger partial charge is 0.335 e. The molecule has 0 atom stereocenters. The minimum absolute atomic E-state index is 0.0911. The summed E-state index contributed by atoms with van der Waals surface area (Å²) in [5, 5.41) is 0. The van der Waals surface area contributed by atoms with Gasteiger partial charge in [-0.05, 0) is 12.2 Å². The summed E-state index contributed by atoms with van der Waals surface area (Å²) in [5.41, 5.74) is -0.0324. The molecule has 23 heavy (non-hydrogen) atoms. The highest BCUT2D eigenvalue weighted by Crippen LogP contribution is 2.23. The highest BCUT2D eigenvalue weighted by atomic mass is 32.1. The molecule has 0 amide bonds. The molecular weight excluding hydrogens is 334 g/mol. The van der Waals surface area contributed by atoms with Crippen molar-refractivity contribution in [2.75, 3.05) is 6.54 Å². The molecular formula is C14H11F4N3OS. The monoisotopic (exact) mass is 345 g/mol. The van der Waals surface area contributed by atoms with Crippen molar-refractivity contribution in [3.63, 3.8) is 0 Å². The molecule has 1 aromatic carbocycles. The normalized spacial score (nSPS) is 14.8. The fourth-order valence-corrected chi connectivity index (χ4v) is 2.85. The predicted molar refractivity (Wildman–Crippen MR) is 76.3 cm³/mol. The first kappa shape index (κ1) is 15.9. The van der Waals surface area contributed by atoms with Crippen LogP contribution in [-0.2, 0) is 19.5 Å². The SMILES string of the molecule is O=c1[nH]c(=S)[nH]c2c1CN(Cc1c(F)c(F)cc(F)c1F)CC2. The molecule has 1 aromatic heterocycles. The number of nitrogens with zero attached hydrogens (tertiary/aromatic N) is 1. The topological polar surface area (TPSA) is 51.9 Å². The summed E-state index contributed by atoms with van der Waals surface area (Å²) in [7, 11) is 0. The van der Waals surface area contributed by atoms with Crippen molar-refractivity contribution in [1.82, 2.24) is 14.9 Å². The lowest BCUT2D eigenvalue weighted by Gasteiger charge is -2.28. The van der Waals surface area contributed by atoms with E-state index in [2.05, 4.69) is 9.97 Å². The van der Waals surface area contributed by atoms with Gasteiger partial charge in [-0.1, -0.05) is 0 Å². The van der Waals surface area contributed by atoms with Crippen molar-refractivity contribution in [1.29, 1.82) is 0 Å². The summed E-state index contributed by atoms with van der Waals surface area (Å²) in [6, 6.07) is 0.171.